The smallest absolute Gasteiger partial charge is 0.326 e. The van der Waals surface area contributed by atoms with Gasteiger partial charge in [-0.15, -0.1) is 0 Å². The highest BCUT2D eigenvalue weighted by atomic mass is 16.4. The van der Waals surface area contributed by atoms with E-state index in [-0.39, 0.29) is 18.6 Å². The van der Waals surface area contributed by atoms with E-state index in [1.54, 1.807) is 30.3 Å². The Hall–Kier alpha value is -3.96. The van der Waals surface area contributed by atoms with E-state index in [0.29, 0.717) is 11.1 Å². The van der Waals surface area contributed by atoms with Gasteiger partial charge in [0.2, 0.25) is 17.7 Å². The Bertz CT molecular complexity index is 1010. The van der Waals surface area contributed by atoms with Gasteiger partial charge in [-0.3, -0.25) is 14.4 Å². The molecule has 0 saturated heterocycles. The van der Waals surface area contributed by atoms with E-state index < -0.39 is 54.5 Å². The van der Waals surface area contributed by atoms with Crippen LogP contribution in [0.4, 0.5) is 0 Å². The highest BCUT2D eigenvalue weighted by molar-refractivity contribution is 5.94. The van der Waals surface area contributed by atoms with Crippen molar-refractivity contribution in [3.63, 3.8) is 0 Å². The number of aliphatic hydroxyl groups excluding tert-OH is 1. The number of phenols is 1. The number of carbonyl (C=O) groups excluding carboxylic acids is 3. The van der Waals surface area contributed by atoms with Gasteiger partial charge < -0.3 is 37.0 Å². The first kappa shape index (κ1) is 27.3. The summed E-state index contributed by atoms with van der Waals surface area (Å²) in [5, 5.41) is 36.2. The summed E-state index contributed by atoms with van der Waals surface area (Å²) in [7, 11) is 0. The topological polar surface area (TPSA) is 191 Å². The van der Waals surface area contributed by atoms with Gasteiger partial charge in [0.15, 0.2) is 0 Å². The third-order valence-electron chi connectivity index (χ3n) is 5.17. The van der Waals surface area contributed by atoms with E-state index in [0.717, 1.165) is 0 Å². The van der Waals surface area contributed by atoms with Crippen LogP contribution in [0.1, 0.15) is 18.1 Å². The van der Waals surface area contributed by atoms with Gasteiger partial charge in [0, 0.05) is 12.8 Å². The van der Waals surface area contributed by atoms with Crippen LogP contribution in [0.5, 0.6) is 5.75 Å². The summed E-state index contributed by atoms with van der Waals surface area (Å²) in [6.07, 6.45) is -1.32. The maximum absolute atomic E-state index is 13.1. The minimum Gasteiger partial charge on any atom is -0.508 e. The van der Waals surface area contributed by atoms with Crippen LogP contribution in [0, 0.1) is 0 Å². The van der Waals surface area contributed by atoms with Gasteiger partial charge in [0.05, 0.1) is 12.6 Å². The van der Waals surface area contributed by atoms with Crippen LogP contribution in [-0.4, -0.2) is 69.8 Å². The lowest BCUT2D eigenvalue weighted by Gasteiger charge is -2.25. The van der Waals surface area contributed by atoms with Crippen molar-refractivity contribution in [2.75, 3.05) is 6.54 Å². The zero-order valence-electron chi connectivity index (χ0n) is 19.2. The van der Waals surface area contributed by atoms with E-state index in [9.17, 15) is 34.5 Å². The summed E-state index contributed by atoms with van der Waals surface area (Å²) in [5.41, 5.74) is 6.53. The van der Waals surface area contributed by atoms with Crippen molar-refractivity contribution < 1.29 is 34.5 Å². The molecule has 0 aliphatic rings. The van der Waals surface area contributed by atoms with Crippen LogP contribution in [0.2, 0.25) is 0 Å². The second-order valence-electron chi connectivity index (χ2n) is 8.01. The maximum atomic E-state index is 13.1. The number of aliphatic carboxylic acids is 1. The molecule has 35 heavy (non-hydrogen) atoms. The standard InChI is InChI=1S/C24H30N4O7/c1-14(29)21(28-20(31)13-25)23(33)26-18(11-15-5-3-2-4-6-15)22(32)27-19(24(34)35)12-16-7-9-17(30)10-8-16/h2-10,14,18-19,21,29-30H,11-13,25H2,1H3,(H,26,33)(H,27,32)(H,28,31)(H,34,35). The number of hydrogen-bond donors (Lipinski definition) is 7. The third-order valence-corrected chi connectivity index (χ3v) is 5.17. The minimum atomic E-state index is -1.37. The molecule has 0 aromatic heterocycles. The molecule has 0 fully saturated rings. The maximum Gasteiger partial charge on any atom is 0.326 e. The molecular formula is C24H30N4O7. The van der Waals surface area contributed by atoms with E-state index in [1.165, 1.54) is 31.2 Å². The molecule has 188 valence electrons. The number of hydrogen-bond acceptors (Lipinski definition) is 7. The van der Waals surface area contributed by atoms with Gasteiger partial charge in [-0.2, -0.15) is 0 Å². The zero-order valence-corrected chi connectivity index (χ0v) is 19.2. The molecule has 4 atom stereocenters. The molecule has 0 spiro atoms. The Morgan fingerprint density at radius 1 is 0.829 bits per heavy atom. The molecule has 0 aliphatic heterocycles. The Morgan fingerprint density at radius 2 is 1.37 bits per heavy atom. The molecule has 0 aliphatic carbocycles. The quantitative estimate of drug-likeness (QED) is 0.200. The van der Waals surface area contributed by atoms with Crippen LogP contribution in [0.3, 0.4) is 0 Å². The Balaban J connectivity index is 2.23. The first-order valence-corrected chi connectivity index (χ1v) is 10.9. The minimum absolute atomic E-state index is 0.0182. The normalized spacial score (nSPS) is 14.1. The monoisotopic (exact) mass is 486 g/mol. The van der Waals surface area contributed by atoms with E-state index in [1.807, 2.05) is 0 Å². The molecule has 2 rings (SSSR count). The zero-order chi connectivity index (χ0) is 26.0. The number of aliphatic hydroxyl groups is 1. The lowest BCUT2D eigenvalue weighted by Crippen LogP contribution is -2.59. The predicted octanol–water partition coefficient (Wildman–Crippen LogP) is -0.944. The molecule has 2 aromatic rings. The molecule has 2 aromatic carbocycles. The number of nitrogens with two attached hydrogens (primary N) is 1. The van der Waals surface area contributed by atoms with Crippen LogP contribution in [0.25, 0.3) is 0 Å². The molecule has 4 unspecified atom stereocenters. The summed E-state index contributed by atoms with van der Waals surface area (Å²) in [6.45, 7) is 0.896. The number of benzene rings is 2. The van der Waals surface area contributed by atoms with Crippen molar-refractivity contribution >= 4 is 23.7 Å². The summed E-state index contributed by atoms with van der Waals surface area (Å²) in [5.74, 6) is -3.53. The number of rotatable bonds is 12. The van der Waals surface area contributed by atoms with Gasteiger partial charge in [-0.25, -0.2) is 4.79 Å². The summed E-state index contributed by atoms with van der Waals surface area (Å²) >= 11 is 0. The van der Waals surface area contributed by atoms with Gasteiger partial charge in [0.25, 0.3) is 0 Å². The molecule has 11 heteroatoms. The van der Waals surface area contributed by atoms with Gasteiger partial charge in [-0.1, -0.05) is 42.5 Å². The van der Waals surface area contributed by atoms with Crippen molar-refractivity contribution in [2.45, 2.75) is 44.0 Å². The van der Waals surface area contributed by atoms with E-state index in [2.05, 4.69) is 16.0 Å². The van der Waals surface area contributed by atoms with Crippen molar-refractivity contribution in [3.8, 4) is 5.75 Å². The average molecular weight is 487 g/mol. The van der Waals surface area contributed by atoms with Crippen molar-refractivity contribution in [3.05, 3.63) is 65.7 Å². The first-order valence-electron chi connectivity index (χ1n) is 10.9. The fraction of sp³-hybridized carbons (Fsp3) is 0.333. The Labute approximate surface area is 202 Å². The summed E-state index contributed by atoms with van der Waals surface area (Å²) in [4.78, 5) is 49.4. The van der Waals surface area contributed by atoms with Gasteiger partial charge in [-0.05, 0) is 30.2 Å². The van der Waals surface area contributed by atoms with Crippen molar-refractivity contribution in [1.82, 2.24) is 16.0 Å². The molecule has 0 saturated carbocycles. The molecule has 0 bridgehead atoms. The molecular weight excluding hydrogens is 456 g/mol. The van der Waals surface area contributed by atoms with Gasteiger partial charge >= 0.3 is 5.97 Å². The average Bonchev–Trinajstić information content (AvgIpc) is 2.83. The van der Waals surface area contributed by atoms with Crippen molar-refractivity contribution in [1.29, 1.82) is 0 Å². The number of carbonyl (C=O) groups is 4. The third kappa shape index (κ3) is 8.72. The number of amides is 3. The summed E-state index contributed by atoms with van der Waals surface area (Å²) in [6, 6.07) is 10.7. The Morgan fingerprint density at radius 3 is 1.91 bits per heavy atom. The summed E-state index contributed by atoms with van der Waals surface area (Å²) < 4.78 is 0. The second-order valence-corrected chi connectivity index (χ2v) is 8.01. The molecule has 3 amide bonds. The molecule has 11 nitrogen and oxygen atoms in total. The largest absolute Gasteiger partial charge is 0.508 e. The predicted molar refractivity (Wildman–Crippen MR) is 126 cm³/mol. The van der Waals surface area contributed by atoms with Crippen LogP contribution in [-0.2, 0) is 32.0 Å². The fourth-order valence-electron chi connectivity index (χ4n) is 3.30. The van der Waals surface area contributed by atoms with Crippen LogP contribution < -0.4 is 21.7 Å². The lowest BCUT2D eigenvalue weighted by molar-refractivity contribution is -0.142. The second kappa shape index (κ2) is 13.1. The number of carboxylic acids is 1. The number of phenolic OH excluding ortho intramolecular Hbond substituents is 1. The number of nitrogens with one attached hydrogen (secondary N) is 3. The van der Waals surface area contributed by atoms with Gasteiger partial charge in [0.1, 0.15) is 23.9 Å². The first-order chi connectivity index (χ1) is 16.6. The molecule has 0 heterocycles. The van der Waals surface area contributed by atoms with Crippen LogP contribution in [0.15, 0.2) is 54.6 Å². The fourth-order valence-corrected chi connectivity index (χ4v) is 3.30. The Kier molecular flexibility index (Phi) is 10.2. The van der Waals surface area contributed by atoms with E-state index >= 15 is 0 Å². The SMILES string of the molecule is CC(O)C(NC(=O)CN)C(=O)NC(Cc1ccccc1)C(=O)NC(Cc1ccc(O)cc1)C(=O)O. The molecule has 0 radical (unpaired) electrons. The van der Waals surface area contributed by atoms with Crippen LogP contribution >= 0.6 is 0 Å². The number of aromatic hydroxyl groups is 1. The van der Waals surface area contributed by atoms with E-state index in [4.69, 9.17) is 5.73 Å². The lowest BCUT2D eigenvalue weighted by atomic mass is 10.0. The van der Waals surface area contributed by atoms with Crippen molar-refractivity contribution in [2.24, 2.45) is 5.73 Å². The highest BCUT2D eigenvalue weighted by Crippen LogP contribution is 2.12. The highest BCUT2D eigenvalue weighted by Gasteiger charge is 2.31. The number of carboxylic acid groups (broad SMARTS) is 1. The molecule has 8 N–H and O–H groups in total.